The second-order valence-electron chi connectivity index (χ2n) is 7.08. The second kappa shape index (κ2) is 10.3. The topological polar surface area (TPSA) is 80.7 Å². The average Bonchev–Trinajstić information content (AvgIpc) is 3.23. The van der Waals surface area contributed by atoms with Gasteiger partial charge in [0.05, 0.1) is 37.3 Å². The number of ether oxygens (including phenoxy) is 2. The molecule has 1 aromatic heterocycles. The van der Waals surface area contributed by atoms with Crippen LogP contribution in [-0.4, -0.2) is 53.6 Å². The van der Waals surface area contributed by atoms with Crippen molar-refractivity contribution in [1.82, 2.24) is 14.7 Å². The summed E-state index contributed by atoms with van der Waals surface area (Å²) in [5.74, 6) is 1.15. The van der Waals surface area contributed by atoms with E-state index in [0.29, 0.717) is 27.9 Å². The molecule has 162 valence electrons. The maximum absolute atomic E-state index is 12.5. The number of rotatable bonds is 7. The van der Waals surface area contributed by atoms with Gasteiger partial charge in [-0.3, -0.25) is 9.58 Å². The maximum atomic E-state index is 12.5. The zero-order chi connectivity index (χ0) is 21.5. The van der Waals surface area contributed by atoms with Crippen LogP contribution in [0.2, 0.25) is 5.02 Å². The molecule has 2 aromatic carbocycles. The molecular formula is C22H24ClN5O3. The van der Waals surface area contributed by atoms with E-state index in [-0.39, 0.29) is 0 Å². The first kappa shape index (κ1) is 21.2. The predicted molar refractivity (Wildman–Crippen MR) is 120 cm³/mol. The Balaban J connectivity index is 1.34. The summed E-state index contributed by atoms with van der Waals surface area (Å²) in [5.41, 5.74) is 1.07. The van der Waals surface area contributed by atoms with Crippen molar-refractivity contribution in [3.05, 3.63) is 65.9 Å². The van der Waals surface area contributed by atoms with Crippen LogP contribution in [0.15, 0.2) is 60.9 Å². The molecule has 2 amide bonds. The number of amides is 2. The lowest BCUT2D eigenvalue weighted by Crippen LogP contribution is -2.38. The third-order valence-corrected chi connectivity index (χ3v) is 5.04. The molecule has 1 fully saturated rings. The summed E-state index contributed by atoms with van der Waals surface area (Å²) in [7, 11) is 0. The van der Waals surface area contributed by atoms with Crippen LogP contribution in [-0.2, 0) is 11.3 Å². The summed E-state index contributed by atoms with van der Waals surface area (Å²) in [6.07, 6.45) is 3.43. The lowest BCUT2D eigenvalue weighted by molar-refractivity contribution is 0.0360. The van der Waals surface area contributed by atoms with E-state index in [1.807, 2.05) is 35.0 Å². The minimum Gasteiger partial charge on any atom is -0.455 e. The highest BCUT2D eigenvalue weighted by Crippen LogP contribution is 2.32. The third kappa shape index (κ3) is 6.21. The fraction of sp³-hybridized carbons (Fsp3) is 0.273. The molecule has 0 radical (unpaired) electrons. The Hall–Kier alpha value is -3.07. The van der Waals surface area contributed by atoms with Gasteiger partial charge in [-0.1, -0.05) is 29.8 Å². The van der Waals surface area contributed by atoms with Crippen molar-refractivity contribution >= 4 is 29.0 Å². The average molecular weight is 442 g/mol. The van der Waals surface area contributed by atoms with Gasteiger partial charge in [-0.25, -0.2) is 4.79 Å². The van der Waals surface area contributed by atoms with E-state index in [1.54, 1.807) is 30.6 Å². The number of nitrogens with one attached hydrogen (secondary N) is 2. The van der Waals surface area contributed by atoms with Crippen LogP contribution in [0, 0.1) is 0 Å². The third-order valence-electron chi connectivity index (χ3n) is 4.80. The van der Waals surface area contributed by atoms with Gasteiger partial charge >= 0.3 is 6.03 Å². The largest absolute Gasteiger partial charge is 0.455 e. The Morgan fingerprint density at radius 3 is 2.71 bits per heavy atom. The Bertz CT molecular complexity index is 1010. The highest BCUT2D eigenvalue weighted by molar-refractivity contribution is 6.31. The van der Waals surface area contributed by atoms with Gasteiger partial charge in [-0.2, -0.15) is 5.10 Å². The van der Waals surface area contributed by atoms with Crippen molar-refractivity contribution in [3.8, 4) is 11.5 Å². The standard InChI is InChI=1S/C22H24ClN5O3/c23-17-6-7-21(31-19-4-2-1-3-5-19)20(14-17)26-22(29)25-18-15-24-28(16-18)9-8-27-10-12-30-13-11-27/h1-7,14-16H,8-13H2,(H2,25,26,29). The number of hydrogen-bond donors (Lipinski definition) is 2. The van der Waals surface area contributed by atoms with Crippen molar-refractivity contribution in [2.45, 2.75) is 6.54 Å². The van der Waals surface area contributed by atoms with Gasteiger partial charge < -0.3 is 20.1 Å². The van der Waals surface area contributed by atoms with E-state index in [9.17, 15) is 4.79 Å². The van der Waals surface area contributed by atoms with E-state index in [4.69, 9.17) is 21.1 Å². The SMILES string of the molecule is O=C(Nc1cnn(CCN2CCOCC2)c1)Nc1cc(Cl)ccc1Oc1ccccc1. The predicted octanol–water partition coefficient (Wildman–Crippen LogP) is 4.31. The highest BCUT2D eigenvalue weighted by Gasteiger charge is 2.12. The van der Waals surface area contributed by atoms with Crippen molar-refractivity contribution < 1.29 is 14.3 Å². The number of urea groups is 1. The smallest absolute Gasteiger partial charge is 0.323 e. The van der Waals surface area contributed by atoms with Gasteiger partial charge in [-0.15, -0.1) is 0 Å². The molecule has 8 nitrogen and oxygen atoms in total. The van der Waals surface area contributed by atoms with Gasteiger partial charge in [0.15, 0.2) is 5.75 Å². The molecule has 2 N–H and O–H groups in total. The van der Waals surface area contributed by atoms with Crippen LogP contribution in [0.1, 0.15) is 0 Å². The zero-order valence-electron chi connectivity index (χ0n) is 17.0. The number of morpholine rings is 1. The maximum Gasteiger partial charge on any atom is 0.323 e. The first-order valence-corrected chi connectivity index (χ1v) is 10.5. The number of nitrogens with zero attached hydrogens (tertiary/aromatic N) is 3. The van der Waals surface area contributed by atoms with Crippen LogP contribution in [0.4, 0.5) is 16.2 Å². The molecule has 0 saturated carbocycles. The van der Waals surface area contributed by atoms with Gasteiger partial charge in [0, 0.05) is 30.9 Å². The van der Waals surface area contributed by atoms with Crippen molar-refractivity contribution in [2.75, 3.05) is 43.5 Å². The van der Waals surface area contributed by atoms with Gasteiger partial charge in [-0.05, 0) is 30.3 Å². The fourth-order valence-corrected chi connectivity index (χ4v) is 3.38. The second-order valence-corrected chi connectivity index (χ2v) is 7.52. The van der Waals surface area contributed by atoms with Crippen molar-refractivity contribution in [2.24, 2.45) is 0 Å². The zero-order valence-corrected chi connectivity index (χ0v) is 17.7. The first-order chi connectivity index (χ1) is 15.2. The van der Waals surface area contributed by atoms with Crippen LogP contribution in [0.25, 0.3) is 0 Å². The number of aromatic nitrogens is 2. The summed E-state index contributed by atoms with van der Waals surface area (Å²) < 4.78 is 13.1. The minimum absolute atomic E-state index is 0.409. The van der Waals surface area contributed by atoms with E-state index in [2.05, 4.69) is 20.6 Å². The summed E-state index contributed by atoms with van der Waals surface area (Å²) in [6, 6.07) is 14.0. The molecule has 3 aromatic rings. The van der Waals surface area contributed by atoms with E-state index >= 15 is 0 Å². The monoisotopic (exact) mass is 441 g/mol. The molecule has 0 atom stereocenters. The van der Waals surface area contributed by atoms with Crippen LogP contribution < -0.4 is 15.4 Å². The van der Waals surface area contributed by atoms with Crippen LogP contribution >= 0.6 is 11.6 Å². The van der Waals surface area contributed by atoms with Crippen molar-refractivity contribution in [1.29, 1.82) is 0 Å². The molecule has 2 heterocycles. The molecule has 0 spiro atoms. The number of benzene rings is 2. The van der Waals surface area contributed by atoms with Gasteiger partial charge in [0.1, 0.15) is 5.75 Å². The van der Waals surface area contributed by atoms with E-state index in [0.717, 1.165) is 39.4 Å². The van der Waals surface area contributed by atoms with Crippen molar-refractivity contribution in [3.63, 3.8) is 0 Å². The number of carbonyl (C=O) groups excluding carboxylic acids is 1. The molecule has 1 aliphatic rings. The lowest BCUT2D eigenvalue weighted by atomic mass is 10.3. The molecule has 0 aliphatic carbocycles. The summed E-state index contributed by atoms with van der Waals surface area (Å²) in [6.45, 7) is 5.03. The van der Waals surface area contributed by atoms with E-state index < -0.39 is 6.03 Å². The Kier molecular flexibility index (Phi) is 7.03. The number of para-hydroxylation sites is 1. The molecule has 9 heteroatoms. The summed E-state index contributed by atoms with van der Waals surface area (Å²) in [4.78, 5) is 14.9. The molecule has 0 bridgehead atoms. The quantitative estimate of drug-likeness (QED) is 0.571. The normalized spacial score (nSPS) is 14.2. The molecule has 1 aliphatic heterocycles. The number of carbonyl (C=O) groups is 1. The lowest BCUT2D eigenvalue weighted by Gasteiger charge is -2.26. The molecule has 0 unspecified atom stereocenters. The Morgan fingerprint density at radius 1 is 1.10 bits per heavy atom. The summed E-state index contributed by atoms with van der Waals surface area (Å²) >= 11 is 6.11. The molecule has 4 rings (SSSR count). The highest BCUT2D eigenvalue weighted by atomic mass is 35.5. The van der Waals surface area contributed by atoms with Crippen LogP contribution in [0.5, 0.6) is 11.5 Å². The van der Waals surface area contributed by atoms with Crippen LogP contribution in [0.3, 0.4) is 0 Å². The van der Waals surface area contributed by atoms with Gasteiger partial charge in [0.25, 0.3) is 0 Å². The molecule has 1 saturated heterocycles. The molecular weight excluding hydrogens is 418 g/mol. The number of halogens is 1. The number of anilines is 2. The summed E-state index contributed by atoms with van der Waals surface area (Å²) in [5, 5.41) is 10.4. The van der Waals surface area contributed by atoms with Gasteiger partial charge in [0.2, 0.25) is 0 Å². The Morgan fingerprint density at radius 2 is 1.90 bits per heavy atom. The Labute approximate surface area is 185 Å². The van der Waals surface area contributed by atoms with E-state index in [1.165, 1.54) is 0 Å². The first-order valence-electron chi connectivity index (χ1n) is 10.1. The fourth-order valence-electron chi connectivity index (χ4n) is 3.21. The minimum atomic E-state index is -0.409. The number of hydrogen-bond acceptors (Lipinski definition) is 5. The molecule has 31 heavy (non-hydrogen) atoms.